The monoisotopic (exact) mass is 273 g/mol. The Kier molecular flexibility index (Phi) is 4.71. The second kappa shape index (κ2) is 6.70. The second-order valence-electron chi connectivity index (χ2n) is 4.42. The van der Waals surface area contributed by atoms with Crippen LogP contribution in [0.25, 0.3) is 0 Å². The number of aryl methyl sites for hydroxylation is 1. The first-order valence-corrected chi connectivity index (χ1v) is 6.45. The fourth-order valence-corrected chi connectivity index (χ4v) is 1.80. The highest BCUT2D eigenvalue weighted by Crippen LogP contribution is 2.22. The Morgan fingerprint density at radius 1 is 0.950 bits per heavy atom. The van der Waals surface area contributed by atoms with Gasteiger partial charge < -0.3 is 19.9 Å². The van der Waals surface area contributed by atoms with Crippen LogP contribution in [0.4, 0.5) is 5.69 Å². The lowest BCUT2D eigenvalue weighted by molar-refractivity contribution is 0.217. The molecule has 2 rings (SSSR count). The highest BCUT2D eigenvalue weighted by Gasteiger charge is 2.01. The Bertz CT molecular complexity index is 569. The molecule has 0 aromatic heterocycles. The molecule has 0 aliphatic heterocycles. The highest BCUT2D eigenvalue weighted by molar-refractivity contribution is 5.54. The fourth-order valence-electron chi connectivity index (χ4n) is 1.80. The van der Waals surface area contributed by atoms with Crippen molar-refractivity contribution in [1.82, 2.24) is 0 Å². The number of methoxy groups -OCH3 is 1. The van der Waals surface area contributed by atoms with Crippen LogP contribution < -0.4 is 19.9 Å². The minimum atomic E-state index is 0.435. The SMILES string of the molecule is COc1cccc(OCCOc2ccc(C)cc2N)c1. The molecule has 0 bridgehead atoms. The van der Waals surface area contributed by atoms with Gasteiger partial charge in [0.1, 0.15) is 30.5 Å². The molecular weight excluding hydrogens is 254 g/mol. The summed E-state index contributed by atoms with van der Waals surface area (Å²) in [7, 11) is 1.63. The van der Waals surface area contributed by atoms with E-state index in [1.807, 2.05) is 49.4 Å². The first-order valence-electron chi connectivity index (χ1n) is 6.45. The molecule has 0 saturated carbocycles. The van der Waals surface area contributed by atoms with E-state index in [0.29, 0.717) is 24.7 Å². The summed E-state index contributed by atoms with van der Waals surface area (Å²) in [6.45, 7) is 2.87. The number of nitrogen functional groups attached to an aromatic ring is 1. The molecule has 0 atom stereocenters. The Morgan fingerprint density at radius 2 is 1.70 bits per heavy atom. The zero-order valence-corrected chi connectivity index (χ0v) is 11.8. The lowest BCUT2D eigenvalue weighted by Crippen LogP contribution is -2.10. The highest BCUT2D eigenvalue weighted by atomic mass is 16.5. The van der Waals surface area contributed by atoms with Crippen LogP contribution >= 0.6 is 0 Å². The van der Waals surface area contributed by atoms with Crippen molar-refractivity contribution in [1.29, 1.82) is 0 Å². The van der Waals surface area contributed by atoms with E-state index >= 15 is 0 Å². The molecule has 0 heterocycles. The summed E-state index contributed by atoms with van der Waals surface area (Å²) in [6, 6.07) is 13.2. The molecule has 4 heteroatoms. The number of hydrogen-bond donors (Lipinski definition) is 1. The third-order valence-electron chi connectivity index (χ3n) is 2.82. The Balaban J connectivity index is 1.81. The van der Waals surface area contributed by atoms with Gasteiger partial charge in [0.2, 0.25) is 0 Å². The summed E-state index contributed by atoms with van der Waals surface area (Å²) in [5.41, 5.74) is 7.63. The Morgan fingerprint density at radius 3 is 2.45 bits per heavy atom. The second-order valence-corrected chi connectivity index (χ2v) is 4.42. The number of rotatable bonds is 6. The summed E-state index contributed by atoms with van der Waals surface area (Å²) in [6.07, 6.45) is 0. The molecule has 20 heavy (non-hydrogen) atoms. The third-order valence-corrected chi connectivity index (χ3v) is 2.82. The molecule has 4 nitrogen and oxygen atoms in total. The summed E-state index contributed by atoms with van der Waals surface area (Å²) < 4.78 is 16.3. The van der Waals surface area contributed by atoms with Crippen molar-refractivity contribution < 1.29 is 14.2 Å². The number of hydrogen-bond acceptors (Lipinski definition) is 4. The maximum absolute atomic E-state index is 5.87. The van der Waals surface area contributed by atoms with E-state index in [9.17, 15) is 0 Å². The van der Waals surface area contributed by atoms with E-state index < -0.39 is 0 Å². The summed E-state index contributed by atoms with van der Waals surface area (Å²) in [4.78, 5) is 0. The van der Waals surface area contributed by atoms with E-state index in [-0.39, 0.29) is 0 Å². The van der Waals surface area contributed by atoms with Crippen LogP contribution in [0.1, 0.15) is 5.56 Å². The summed E-state index contributed by atoms with van der Waals surface area (Å²) in [5, 5.41) is 0. The number of ether oxygens (including phenoxy) is 3. The minimum absolute atomic E-state index is 0.435. The maximum Gasteiger partial charge on any atom is 0.142 e. The van der Waals surface area contributed by atoms with Gasteiger partial charge in [-0.2, -0.15) is 0 Å². The largest absolute Gasteiger partial charge is 0.497 e. The van der Waals surface area contributed by atoms with E-state index in [1.54, 1.807) is 7.11 Å². The zero-order valence-electron chi connectivity index (χ0n) is 11.8. The van der Waals surface area contributed by atoms with Crippen LogP contribution in [0, 0.1) is 6.92 Å². The average Bonchev–Trinajstić information content (AvgIpc) is 2.45. The fraction of sp³-hybridized carbons (Fsp3) is 0.250. The van der Waals surface area contributed by atoms with Gasteiger partial charge in [-0.1, -0.05) is 12.1 Å². The molecule has 2 aromatic rings. The van der Waals surface area contributed by atoms with Crippen LogP contribution in [0.3, 0.4) is 0 Å². The van der Waals surface area contributed by atoms with Gasteiger partial charge >= 0.3 is 0 Å². The van der Waals surface area contributed by atoms with Crippen molar-refractivity contribution in [3.8, 4) is 17.2 Å². The quantitative estimate of drug-likeness (QED) is 0.649. The average molecular weight is 273 g/mol. The first kappa shape index (κ1) is 14.1. The van der Waals surface area contributed by atoms with Crippen molar-refractivity contribution in [3.63, 3.8) is 0 Å². The van der Waals surface area contributed by atoms with Gasteiger partial charge in [0.25, 0.3) is 0 Å². The predicted octanol–water partition coefficient (Wildman–Crippen LogP) is 3.04. The molecule has 0 aliphatic carbocycles. The number of anilines is 1. The lowest BCUT2D eigenvalue weighted by atomic mass is 10.2. The lowest BCUT2D eigenvalue weighted by Gasteiger charge is -2.11. The molecule has 2 aromatic carbocycles. The predicted molar refractivity (Wildman–Crippen MR) is 79.6 cm³/mol. The van der Waals surface area contributed by atoms with Gasteiger partial charge in [0.05, 0.1) is 12.8 Å². The maximum atomic E-state index is 5.87. The normalized spacial score (nSPS) is 10.1. The van der Waals surface area contributed by atoms with Crippen LogP contribution in [0.2, 0.25) is 0 Å². The van der Waals surface area contributed by atoms with Gasteiger partial charge in [-0.25, -0.2) is 0 Å². The minimum Gasteiger partial charge on any atom is -0.497 e. The van der Waals surface area contributed by atoms with Crippen molar-refractivity contribution in [2.75, 3.05) is 26.1 Å². The van der Waals surface area contributed by atoms with Gasteiger partial charge in [0.15, 0.2) is 0 Å². The molecule has 0 fully saturated rings. The van der Waals surface area contributed by atoms with E-state index in [0.717, 1.165) is 17.1 Å². The molecule has 106 valence electrons. The van der Waals surface area contributed by atoms with E-state index in [2.05, 4.69) is 0 Å². The van der Waals surface area contributed by atoms with Gasteiger partial charge in [0, 0.05) is 6.07 Å². The van der Waals surface area contributed by atoms with Gasteiger partial charge in [-0.15, -0.1) is 0 Å². The smallest absolute Gasteiger partial charge is 0.142 e. The van der Waals surface area contributed by atoms with Crippen LogP contribution in [0.15, 0.2) is 42.5 Å². The summed E-state index contributed by atoms with van der Waals surface area (Å²) in [5.74, 6) is 2.21. The number of benzene rings is 2. The molecule has 2 N–H and O–H groups in total. The molecule has 0 aliphatic rings. The molecule has 0 saturated heterocycles. The standard InChI is InChI=1S/C16H19NO3/c1-12-6-7-16(15(17)10-12)20-9-8-19-14-5-3-4-13(11-14)18-2/h3-7,10-11H,8-9,17H2,1-2H3. The first-order chi connectivity index (χ1) is 9.69. The van der Waals surface area contributed by atoms with Crippen LogP contribution in [-0.2, 0) is 0 Å². The van der Waals surface area contributed by atoms with E-state index in [1.165, 1.54) is 0 Å². The van der Waals surface area contributed by atoms with Gasteiger partial charge in [-0.05, 0) is 36.8 Å². The molecule has 0 radical (unpaired) electrons. The Hall–Kier alpha value is -2.36. The zero-order chi connectivity index (χ0) is 14.4. The molecule has 0 amide bonds. The van der Waals surface area contributed by atoms with Crippen LogP contribution in [0.5, 0.6) is 17.2 Å². The molecular formula is C16H19NO3. The van der Waals surface area contributed by atoms with Crippen molar-refractivity contribution in [3.05, 3.63) is 48.0 Å². The van der Waals surface area contributed by atoms with Crippen LogP contribution in [-0.4, -0.2) is 20.3 Å². The summed E-state index contributed by atoms with van der Waals surface area (Å²) >= 11 is 0. The Labute approximate surface area is 119 Å². The third kappa shape index (κ3) is 3.82. The van der Waals surface area contributed by atoms with E-state index in [4.69, 9.17) is 19.9 Å². The topological polar surface area (TPSA) is 53.7 Å². The molecule has 0 unspecified atom stereocenters. The van der Waals surface area contributed by atoms with Crippen molar-refractivity contribution in [2.45, 2.75) is 6.92 Å². The van der Waals surface area contributed by atoms with Crippen molar-refractivity contribution >= 4 is 5.69 Å². The molecule has 0 spiro atoms. The van der Waals surface area contributed by atoms with Gasteiger partial charge in [-0.3, -0.25) is 0 Å². The number of nitrogens with two attached hydrogens (primary N) is 1. The van der Waals surface area contributed by atoms with Crippen molar-refractivity contribution in [2.24, 2.45) is 0 Å².